The average molecular weight is 435 g/mol. The summed E-state index contributed by atoms with van der Waals surface area (Å²) in [7, 11) is 4.44. The number of hydrogen-bond acceptors (Lipinski definition) is 8. The Hall–Kier alpha value is -4.34. The molecule has 0 spiro atoms. The first-order chi connectivity index (χ1) is 15.5. The second-order valence-electron chi connectivity index (χ2n) is 6.77. The van der Waals surface area contributed by atoms with E-state index in [1.165, 1.54) is 13.3 Å². The van der Waals surface area contributed by atoms with Crippen molar-refractivity contribution in [2.24, 2.45) is 0 Å². The second kappa shape index (κ2) is 8.80. The van der Waals surface area contributed by atoms with Crippen molar-refractivity contribution in [1.29, 1.82) is 0 Å². The number of dihydropyridines is 1. The quantitative estimate of drug-likeness (QED) is 0.562. The molecule has 1 atom stereocenters. The molecule has 164 valence electrons. The number of methoxy groups -OCH3 is 3. The molecular formula is C22H21N5O5. The molecule has 0 bridgehead atoms. The number of fused-ring (bicyclic) bond motifs is 1. The summed E-state index contributed by atoms with van der Waals surface area (Å²) in [6.07, 6.45) is 5.85. The highest BCUT2D eigenvalue weighted by molar-refractivity contribution is 5.94. The van der Waals surface area contributed by atoms with Gasteiger partial charge in [-0.3, -0.25) is 4.79 Å². The molecule has 32 heavy (non-hydrogen) atoms. The number of nitrogens with one attached hydrogen (secondary N) is 2. The van der Waals surface area contributed by atoms with Crippen LogP contribution in [0.2, 0.25) is 0 Å². The van der Waals surface area contributed by atoms with Crippen molar-refractivity contribution in [1.82, 2.24) is 25.2 Å². The summed E-state index contributed by atoms with van der Waals surface area (Å²) in [5, 5.41) is 10.2. The normalized spacial score (nSPS) is 15.0. The van der Waals surface area contributed by atoms with Crippen molar-refractivity contribution in [3.8, 4) is 22.8 Å². The third-order valence-electron chi connectivity index (χ3n) is 4.86. The number of ether oxygens (including phenoxy) is 3. The number of aromatic nitrogens is 3. The Labute approximate surface area is 183 Å². The molecule has 0 fully saturated rings. The highest BCUT2D eigenvalue weighted by Gasteiger charge is 2.19. The predicted octanol–water partition coefficient (Wildman–Crippen LogP) is 1.69. The number of nitrogens with zero attached hydrogens (tertiary/aromatic N) is 3. The fourth-order valence-corrected chi connectivity index (χ4v) is 3.25. The summed E-state index contributed by atoms with van der Waals surface area (Å²) < 4.78 is 16.9. The van der Waals surface area contributed by atoms with Gasteiger partial charge in [0.15, 0.2) is 22.8 Å². The van der Waals surface area contributed by atoms with E-state index in [0.717, 1.165) is 11.3 Å². The van der Waals surface area contributed by atoms with Crippen LogP contribution in [0.15, 0.2) is 60.5 Å². The SMILES string of the molecule is COC(=O)C1=CNC(NC(=O)c2cc3nccc(-c4ccc(OC)c(OC)c4)n3n2)C=C1. The van der Waals surface area contributed by atoms with Crippen molar-refractivity contribution in [3.05, 3.63) is 66.1 Å². The van der Waals surface area contributed by atoms with Crippen molar-refractivity contribution >= 4 is 17.5 Å². The summed E-state index contributed by atoms with van der Waals surface area (Å²) in [5.41, 5.74) is 2.62. The van der Waals surface area contributed by atoms with Crippen LogP contribution in [-0.4, -0.2) is 54.0 Å². The van der Waals surface area contributed by atoms with Gasteiger partial charge < -0.3 is 24.8 Å². The third-order valence-corrected chi connectivity index (χ3v) is 4.86. The van der Waals surface area contributed by atoms with Crippen LogP contribution in [0.25, 0.3) is 16.9 Å². The standard InChI is InChI=1S/C22H21N5O5/c1-30-17-6-4-13(10-18(17)31-2)16-8-9-23-20-11-15(26-27(16)20)21(28)25-19-7-5-14(12-24-19)22(29)32-3/h4-12,19,24H,1-3H3,(H,25,28). The fourth-order valence-electron chi connectivity index (χ4n) is 3.25. The molecule has 10 nitrogen and oxygen atoms in total. The zero-order valence-electron chi connectivity index (χ0n) is 17.7. The first-order valence-electron chi connectivity index (χ1n) is 9.65. The van der Waals surface area contributed by atoms with Gasteiger partial charge in [0.1, 0.15) is 6.17 Å². The van der Waals surface area contributed by atoms with E-state index in [1.54, 1.807) is 55.3 Å². The van der Waals surface area contributed by atoms with Crippen molar-refractivity contribution in [2.75, 3.05) is 21.3 Å². The molecule has 10 heteroatoms. The molecule has 4 rings (SSSR count). The van der Waals surface area contributed by atoms with Crippen LogP contribution in [0.4, 0.5) is 0 Å². The number of benzene rings is 1. The monoisotopic (exact) mass is 435 g/mol. The van der Waals surface area contributed by atoms with Gasteiger partial charge in [-0.05, 0) is 36.4 Å². The molecule has 3 heterocycles. The van der Waals surface area contributed by atoms with E-state index in [0.29, 0.717) is 22.7 Å². The number of hydrogen-bond donors (Lipinski definition) is 2. The zero-order chi connectivity index (χ0) is 22.7. The average Bonchev–Trinajstić information content (AvgIpc) is 3.28. The van der Waals surface area contributed by atoms with Crippen molar-refractivity contribution in [3.63, 3.8) is 0 Å². The second-order valence-corrected chi connectivity index (χ2v) is 6.77. The largest absolute Gasteiger partial charge is 0.493 e. The van der Waals surface area contributed by atoms with Gasteiger partial charge in [0, 0.05) is 24.0 Å². The van der Waals surface area contributed by atoms with Gasteiger partial charge in [-0.25, -0.2) is 14.3 Å². The summed E-state index contributed by atoms with van der Waals surface area (Å²) in [6, 6.07) is 8.90. The first-order valence-corrected chi connectivity index (χ1v) is 9.65. The summed E-state index contributed by atoms with van der Waals surface area (Å²) >= 11 is 0. The highest BCUT2D eigenvalue weighted by Crippen LogP contribution is 2.32. The van der Waals surface area contributed by atoms with Gasteiger partial charge in [-0.15, -0.1) is 0 Å². The first kappa shape index (κ1) is 20.9. The van der Waals surface area contributed by atoms with Gasteiger partial charge in [0.25, 0.3) is 5.91 Å². The van der Waals surface area contributed by atoms with Crippen LogP contribution in [0.5, 0.6) is 11.5 Å². The van der Waals surface area contributed by atoms with Gasteiger partial charge in [0.2, 0.25) is 0 Å². The van der Waals surface area contributed by atoms with E-state index in [9.17, 15) is 9.59 Å². The minimum absolute atomic E-state index is 0.198. The number of rotatable bonds is 6. The Bertz CT molecular complexity index is 1250. The molecule has 1 unspecified atom stereocenters. The maximum atomic E-state index is 12.7. The molecule has 0 saturated carbocycles. The van der Waals surface area contributed by atoms with Crippen LogP contribution < -0.4 is 20.1 Å². The third kappa shape index (κ3) is 3.97. The van der Waals surface area contributed by atoms with E-state index < -0.39 is 18.0 Å². The van der Waals surface area contributed by atoms with Crippen LogP contribution >= 0.6 is 0 Å². The van der Waals surface area contributed by atoms with Crippen molar-refractivity contribution < 1.29 is 23.8 Å². The van der Waals surface area contributed by atoms with E-state index in [2.05, 4.69) is 25.5 Å². The molecule has 2 N–H and O–H groups in total. The lowest BCUT2D eigenvalue weighted by Gasteiger charge is -2.18. The Kier molecular flexibility index (Phi) is 5.75. The van der Waals surface area contributed by atoms with E-state index >= 15 is 0 Å². The van der Waals surface area contributed by atoms with E-state index in [4.69, 9.17) is 9.47 Å². The smallest absolute Gasteiger partial charge is 0.339 e. The van der Waals surface area contributed by atoms with Gasteiger partial charge in [-0.1, -0.05) is 0 Å². The lowest BCUT2D eigenvalue weighted by molar-refractivity contribution is -0.135. The lowest BCUT2D eigenvalue weighted by atomic mass is 10.1. The highest BCUT2D eigenvalue weighted by atomic mass is 16.5. The molecule has 0 aliphatic carbocycles. The molecule has 0 radical (unpaired) electrons. The molecule has 1 aliphatic rings. The lowest BCUT2D eigenvalue weighted by Crippen LogP contribution is -2.43. The Morgan fingerprint density at radius 3 is 2.59 bits per heavy atom. The zero-order valence-corrected chi connectivity index (χ0v) is 17.7. The molecule has 3 aromatic rings. The van der Waals surface area contributed by atoms with Crippen molar-refractivity contribution in [2.45, 2.75) is 6.17 Å². The Morgan fingerprint density at radius 2 is 1.91 bits per heavy atom. The van der Waals surface area contributed by atoms with Crippen LogP contribution in [0.3, 0.4) is 0 Å². The Balaban J connectivity index is 1.57. The maximum Gasteiger partial charge on any atom is 0.339 e. The maximum absolute atomic E-state index is 12.7. The van der Waals surface area contributed by atoms with Gasteiger partial charge in [0.05, 0.1) is 32.6 Å². The topological polar surface area (TPSA) is 116 Å². The summed E-state index contributed by atoms with van der Waals surface area (Å²) in [4.78, 5) is 28.6. The number of carbonyl (C=O) groups is 2. The molecular weight excluding hydrogens is 414 g/mol. The Morgan fingerprint density at radius 1 is 1.09 bits per heavy atom. The minimum atomic E-state index is -0.501. The molecule has 2 aromatic heterocycles. The number of amides is 1. The minimum Gasteiger partial charge on any atom is -0.493 e. The molecule has 0 saturated heterocycles. The van der Waals surface area contributed by atoms with Gasteiger partial charge in [-0.2, -0.15) is 5.10 Å². The summed E-state index contributed by atoms with van der Waals surface area (Å²) in [6.45, 7) is 0. The van der Waals surface area contributed by atoms with Gasteiger partial charge >= 0.3 is 5.97 Å². The van der Waals surface area contributed by atoms with Crippen LogP contribution in [0.1, 0.15) is 10.5 Å². The van der Waals surface area contributed by atoms with E-state index in [1.807, 2.05) is 12.1 Å². The molecule has 1 aromatic carbocycles. The number of carbonyl (C=O) groups excluding carboxylic acids is 2. The van der Waals surface area contributed by atoms with Crippen LogP contribution in [-0.2, 0) is 9.53 Å². The predicted molar refractivity (Wildman–Crippen MR) is 115 cm³/mol. The number of esters is 1. The molecule has 1 aliphatic heterocycles. The molecule has 1 amide bonds. The van der Waals surface area contributed by atoms with E-state index in [-0.39, 0.29) is 5.69 Å². The fraction of sp³-hybridized carbons (Fsp3) is 0.182. The van der Waals surface area contributed by atoms with Crippen LogP contribution in [0, 0.1) is 0 Å². The summed E-state index contributed by atoms with van der Waals surface area (Å²) in [5.74, 6) is 0.327.